The fraction of sp³-hybridized carbons (Fsp3) is 0.118. The Bertz CT molecular complexity index is 833. The number of benzene rings is 1. The summed E-state index contributed by atoms with van der Waals surface area (Å²) in [5.74, 6) is -0.137. The van der Waals surface area contributed by atoms with Crippen LogP contribution in [0.1, 0.15) is 20.9 Å². The highest BCUT2D eigenvalue weighted by molar-refractivity contribution is 7.17. The van der Waals surface area contributed by atoms with Crippen LogP contribution in [0.4, 0.5) is 0 Å². The summed E-state index contributed by atoms with van der Waals surface area (Å²) in [7, 11) is 0. The van der Waals surface area contributed by atoms with Crippen molar-refractivity contribution < 1.29 is 4.79 Å². The molecule has 6 heteroatoms. The third kappa shape index (κ3) is 3.57. The molecule has 4 nitrogen and oxygen atoms in total. The highest BCUT2D eigenvalue weighted by Gasteiger charge is 2.17. The molecule has 3 rings (SSSR count). The molecule has 3 aromatic rings. The van der Waals surface area contributed by atoms with Gasteiger partial charge >= 0.3 is 0 Å². The van der Waals surface area contributed by atoms with Crippen molar-refractivity contribution in [3.05, 3.63) is 69.9 Å². The summed E-state index contributed by atoms with van der Waals surface area (Å²) in [6.45, 7) is 2.27. The van der Waals surface area contributed by atoms with Crippen LogP contribution in [0.15, 0.2) is 48.8 Å². The first-order valence-electron chi connectivity index (χ1n) is 7.04. The zero-order valence-corrected chi connectivity index (χ0v) is 14.0. The Hall–Kier alpha value is -2.24. The summed E-state index contributed by atoms with van der Waals surface area (Å²) in [6.07, 6.45) is 3.43. The molecule has 0 radical (unpaired) electrons. The first-order valence-corrected chi connectivity index (χ1v) is 8.24. The number of aryl methyl sites for hydroxylation is 1. The minimum atomic E-state index is -0.137. The fourth-order valence-electron chi connectivity index (χ4n) is 2.12. The van der Waals surface area contributed by atoms with E-state index in [2.05, 4.69) is 15.3 Å². The van der Waals surface area contributed by atoms with Crippen molar-refractivity contribution in [3.63, 3.8) is 0 Å². The first-order chi connectivity index (χ1) is 11.1. The Morgan fingerprint density at radius 2 is 2.09 bits per heavy atom. The number of hydrogen-bond donors (Lipinski definition) is 1. The van der Waals surface area contributed by atoms with Crippen molar-refractivity contribution in [2.24, 2.45) is 0 Å². The molecule has 2 aromatic heterocycles. The maximum absolute atomic E-state index is 12.4. The van der Waals surface area contributed by atoms with Crippen LogP contribution in [0.3, 0.4) is 0 Å². The molecule has 0 aliphatic heterocycles. The molecule has 0 saturated carbocycles. The lowest BCUT2D eigenvalue weighted by Crippen LogP contribution is -2.22. The van der Waals surface area contributed by atoms with Gasteiger partial charge < -0.3 is 5.32 Å². The second kappa shape index (κ2) is 6.89. The minimum Gasteiger partial charge on any atom is -0.347 e. The third-order valence-corrected chi connectivity index (χ3v) is 4.80. The molecule has 0 unspecified atom stereocenters. The van der Waals surface area contributed by atoms with E-state index >= 15 is 0 Å². The van der Waals surface area contributed by atoms with Gasteiger partial charge in [0.25, 0.3) is 5.91 Å². The maximum atomic E-state index is 12.4. The normalized spacial score (nSPS) is 10.5. The monoisotopic (exact) mass is 343 g/mol. The second-order valence-electron chi connectivity index (χ2n) is 4.96. The molecular weight excluding hydrogens is 330 g/mol. The van der Waals surface area contributed by atoms with Gasteiger partial charge in [-0.25, -0.2) is 4.98 Å². The van der Waals surface area contributed by atoms with Gasteiger partial charge in [0.05, 0.1) is 10.7 Å². The molecule has 116 valence electrons. The van der Waals surface area contributed by atoms with Crippen LogP contribution in [0.2, 0.25) is 5.02 Å². The zero-order valence-electron chi connectivity index (χ0n) is 12.4. The quantitative estimate of drug-likeness (QED) is 0.776. The summed E-state index contributed by atoms with van der Waals surface area (Å²) >= 11 is 7.55. The van der Waals surface area contributed by atoms with Gasteiger partial charge in [0.15, 0.2) is 0 Å². The molecule has 0 saturated heterocycles. The lowest BCUT2D eigenvalue weighted by molar-refractivity contribution is 0.0954. The van der Waals surface area contributed by atoms with E-state index in [1.54, 1.807) is 12.4 Å². The van der Waals surface area contributed by atoms with Crippen LogP contribution in [-0.4, -0.2) is 15.9 Å². The predicted molar refractivity (Wildman–Crippen MR) is 92.7 cm³/mol. The van der Waals surface area contributed by atoms with Gasteiger partial charge in [0.2, 0.25) is 0 Å². The molecule has 0 aliphatic rings. The third-order valence-electron chi connectivity index (χ3n) is 3.28. The van der Waals surface area contributed by atoms with Gasteiger partial charge in [-0.1, -0.05) is 35.9 Å². The van der Waals surface area contributed by atoms with Crippen LogP contribution in [0, 0.1) is 6.92 Å². The number of hydrogen-bond acceptors (Lipinski definition) is 4. The Kier molecular flexibility index (Phi) is 4.69. The highest BCUT2D eigenvalue weighted by atomic mass is 35.5. The Morgan fingerprint density at radius 1 is 1.26 bits per heavy atom. The average Bonchev–Trinajstić information content (AvgIpc) is 2.96. The standard InChI is InChI=1S/C17H14ClN3OS/c1-11-15(16(22)20-10-12-5-4-8-19-9-12)23-17(21-11)13-6-2-3-7-14(13)18/h2-9H,10H2,1H3,(H,20,22). The number of amides is 1. The minimum absolute atomic E-state index is 0.137. The van der Waals surface area contributed by atoms with Gasteiger partial charge in [-0.2, -0.15) is 0 Å². The predicted octanol–water partition coefficient (Wildman–Crippen LogP) is 4.10. The molecule has 0 aliphatic carbocycles. The summed E-state index contributed by atoms with van der Waals surface area (Å²) in [5.41, 5.74) is 2.50. The van der Waals surface area contributed by atoms with Gasteiger partial charge in [-0.15, -0.1) is 11.3 Å². The van der Waals surface area contributed by atoms with Crippen LogP contribution in [0.5, 0.6) is 0 Å². The highest BCUT2D eigenvalue weighted by Crippen LogP contribution is 2.32. The number of pyridine rings is 1. The van der Waals surface area contributed by atoms with E-state index in [9.17, 15) is 4.79 Å². The SMILES string of the molecule is Cc1nc(-c2ccccc2Cl)sc1C(=O)NCc1cccnc1. The Balaban J connectivity index is 1.78. The van der Waals surface area contributed by atoms with Crippen molar-refractivity contribution in [1.29, 1.82) is 0 Å². The lowest BCUT2D eigenvalue weighted by atomic mass is 10.2. The fourth-order valence-corrected chi connectivity index (χ4v) is 3.43. The maximum Gasteiger partial charge on any atom is 0.263 e. The summed E-state index contributed by atoms with van der Waals surface area (Å²) in [5, 5.41) is 4.27. The van der Waals surface area contributed by atoms with Crippen LogP contribution in [0.25, 0.3) is 10.6 Å². The van der Waals surface area contributed by atoms with E-state index in [4.69, 9.17) is 11.6 Å². The summed E-state index contributed by atoms with van der Waals surface area (Å²) in [4.78, 5) is 21.5. The summed E-state index contributed by atoms with van der Waals surface area (Å²) in [6, 6.07) is 11.2. The number of carbonyl (C=O) groups excluding carboxylic acids is 1. The smallest absolute Gasteiger partial charge is 0.263 e. The molecule has 0 spiro atoms. The van der Waals surface area contributed by atoms with E-state index in [0.717, 1.165) is 16.1 Å². The largest absolute Gasteiger partial charge is 0.347 e. The van der Waals surface area contributed by atoms with Gasteiger partial charge in [-0.05, 0) is 24.6 Å². The average molecular weight is 344 g/mol. The number of rotatable bonds is 4. The molecule has 1 N–H and O–H groups in total. The lowest BCUT2D eigenvalue weighted by Gasteiger charge is -2.03. The van der Waals surface area contributed by atoms with Gasteiger partial charge in [0.1, 0.15) is 9.88 Å². The molecular formula is C17H14ClN3OS. The number of aromatic nitrogens is 2. The first kappa shape index (κ1) is 15.6. The van der Waals surface area contributed by atoms with Crippen LogP contribution >= 0.6 is 22.9 Å². The van der Waals surface area contributed by atoms with Crippen molar-refractivity contribution >= 4 is 28.8 Å². The zero-order chi connectivity index (χ0) is 16.2. The van der Waals surface area contributed by atoms with E-state index in [-0.39, 0.29) is 5.91 Å². The van der Waals surface area contributed by atoms with Crippen molar-refractivity contribution in [1.82, 2.24) is 15.3 Å². The number of halogens is 1. The van der Waals surface area contributed by atoms with E-state index in [1.165, 1.54) is 11.3 Å². The van der Waals surface area contributed by atoms with Crippen LogP contribution < -0.4 is 5.32 Å². The molecule has 0 atom stereocenters. The number of nitrogens with zero attached hydrogens (tertiary/aromatic N) is 2. The molecule has 1 aromatic carbocycles. The molecule has 23 heavy (non-hydrogen) atoms. The van der Waals surface area contributed by atoms with Gasteiger partial charge in [-0.3, -0.25) is 9.78 Å². The van der Waals surface area contributed by atoms with Crippen molar-refractivity contribution in [3.8, 4) is 10.6 Å². The van der Waals surface area contributed by atoms with E-state index in [1.807, 2.05) is 43.3 Å². The van der Waals surface area contributed by atoms with Crippen molar-refractivity contribution in [2.45, 2.75) is 13.5 Å². The molecule has 0 bridgehead atoms. The van der Waals surface area contributed by atoms with E-state index < -0.39 is 0 Å². The van der Waals surface area contributed by atoms with Crippen molar-refractivity contribution in [2.75, 3.05) is 0 Å². The van der Waals surface area contributed by atoms with Crippen LogP contribution in [-0.2, 0) is 6.54 Å². The number of thiazole rings is 1. The summed E-state index contributed by atoms with van der Waals surface area (Å²) < 4.78 is 0. The molecule has 1 amide bonds. The second-order valence-corrected chi connectivity index (χ2v) is 6.36. The Labute approximate surface area is 143 Å². The molecule has 2 heterocycles. The molecule has 0 fully saturated rings. The number of carbonyl (C=O) groups is 1. The van der Waals surface area contributed by atoms with Gasteiger partial charge in [0, 0.05) is 24.5 Å². The Morgan fingerprint density at radius 3 is 2.83 bits per heavy atom. The topological polar surface area (TPSA) is 54.9 Å². The number of nitrogens with one attached hydrogen (secondary N) is 1. The van der Waals surface area contributed by atoms with E-state index in [0.29, 0.717) is 22.1 Å².